The van der Waals surface area contributed by atoms with Crippen LogP contribution in [0.15, 0.2) is 18.2 Å². The summed E-state index contributed by atoms with van der Waals surface area (Å²) >= 11 is 0. The van der Waals surface area contributed by atoms with E-state index in [0.29, 0.717) is 5.92 Å². The van der Waals surface area contributed by atoms with Gasteiger partial charge >= 0.3 is 0 Å². The Bertz CT molecular complexity index is 428. The molecule has 112 valence electrons. The predicted octanol–water partition coefficient (Wildman–Crippen LogP) is 3.58. The van der Waals surface area contributed by atoms with E-state index in [2.05, 4.69) is 6.07 Å². The molecule has 1 N–H and O–H groups in total. The SMILES string of the molecule is COc1cc(CC2CCCCC2O)ccc1OC(C)C. The minimum Gasteiger partial charge on any atom is -0.493 e. The van der Waals surface area contributed by atoms with E-state index < -0.39 is 0 Å². The Morgan fingerprint density at radius 3 is 2.60 bits per heavy atom. The molecule has 20 heavy (non-hydrogen) atoms. The van der Waals surface area contributed by atoms with Crippen LogP contribution >= 0.6 is 0 Å². The molecule has 0 amide bonds. The van der Waals surface area contributed by atoms with Crippen LogP contribution in [0.3, 0.4) is 0 Å². The van der Waals surface area contributed by atoms with Gasteiger partial charge < -0.3 is 14.6 Å². The molecule has 1 aliphatic rings. The van der Waals surface area contributed by atoms with Crippen molar-refractivity contribution in [1.29, 1.82) is 0 Å². The molecular weight excluding hydrogens is 252 g/mol. The second kappa shape index (κ2) is 6.98. The molecule has 0 aromatic heterocycles. The third-order valence-corrected chi connectivity index (χ3v) is 3.96. The number of ether oxygens (including phenoxy) is 2. The summed E-state index contributed by atoms with van der Waals surface area (Å²) in [7, 11) is 1.67. The summed E-state index contributed by atoms with van der Waals surface area (Å²) in [5.74, 6) is 1.95. The van der Waals surface area contributed by atoms with E-state index in [9.17, 15) is 5.11 Å². The topological polar surface area (TPSA) is 38.7 Å². The number of aliphatic hydroxyl groups is 1. The van der Waals surface area contributed by atoms with E-state index in [1.807, 2.05) is 26.0 Å². The van der Waals surface area contributed by atoms with Crippen molar-refractivity contribution in [3.8, 4) is 11.5 Å². The maximum absolute atomic E-state index is 10.1. The zero-order valence-electron chi connectivity index (χ0n) is 12.8. The summed E-state index contributed by atoms with van der Waals surface area (Å²) in [6, 6.07) is 6.10. The van der Waals surface area contributed by atoms with Crippen molar-refractivity contribution in [2.45, 2.75) is 58.2 Å². The monoisotopic (exact) mass is 278 g/mol. The number of aliphatic hydroxyl groups excluding tert-OH is 1. The van der Waals surface area contributed by atoms with E-state index in [1.54, 1.807) is 7.11 Å². The zero-order valence-corrected chi connectivity index (χ0v) is 12.8. The van der Waals surface area contributed by atoms with Gasteiger partial charge in [-0.25, -0.2) is 0 Å². The van der Waals surface area contributed by atoms with Gasteiger partial charge in [0.05, 0.1) is 19.3 Å². The van der Waals surface area contributed by atoms with E-state index in [-0.39, 0.29) is 12.2 Å². The molecular formula is C17H26O3. The van der Waals surface area contributed by atoms with Crippen LogP contribution in [0.25, 0.3) is 0 Å². The van der Waals surface area contributed by atoms with Gasteiger partial charge in [-0.1, -0.05) is 18.9 Å². The van der Waals surface area contributed by atoms with Crippen LogP contribution in [0.4, 0.5) is 0 Å². The minimum absolute atomic E-state index is 0.134. The van der Waals surface area contributed by atoms with Crippen LogP contribution in [0, 0.1) is 5.92 Å². The van der Waals surface area contributed by atoms with Crippen LogP contribution in [0.1, 0.15) is 45.1 Å². The van der Waals surface area contributed by atoms with E-state index in [1.165, 1.54) is 12.0 Å². The van der Waals surface area contributed by atoms with E-state index in [4.69, 9.17) is 9.47 Å². The highest BCUT2D eigenvalue weighted by Gasteiger charge is 2.23. The Hall–Kier alpha value is -1.22. The number of hydrogen-bond acceptors (Lipinski definition) is 3. The van der Waals surface area contributed by atoms with Gasteiger partial charge in [-0.05, 0) is 56.7 Å². The summed E-state index contributed by atoms with van der Waals surface area (Å²) in [5.41, 5.74) is 1.21. The standard InChI is InChI=1S/C17H26O3/c1-12(2)20-16-9-8-13(11-17(16)19-3)10-14-6-4-5-7-15(14)18/h8-9,11-12,14-15,18H,4-7,10H2,1-3H3. The molecule has 0 aliphatic heterocycles. The summed E-state index contributed by atoms with van der Waals surface area (Å²) in [4.78, 5) is 0. The van der Waals surface area contributed by atoms with Crippen molar-refractivity contribution in [2.24, 2.45) is 5.92 Å². The highest BCUT2D eigenvalue weighted by molar-refractivity contribution is 5.43. The third kappa shape index (κ3) is 3.89. The quantitative estimate of drug-likeness (QED) is 0.894. The Morgan fingerprint density at radius 2 is 1.95 bits per heavy atom. The zero-order chi connectivity index (χ0) is 14.5. The fraction of sp³-hybridized carbons (Fsp3) is 0.647. The van der Waals surface area contributed by atoms with Crippen LogP contribution in [0.5, 0.6) is 11.5 Å². The van der Waals surface area contributed by atoms with E-state index in [0.717, 1.165) is 37.2 Å². The van der Waals surface area contributed by atoms with Crippen LogP contribution in [-0.2, 0) is 6.42 Å². The van der Waals surface area contributed by atoms with Gasteiger partial charge in [-0.3, -0.25) is 0 Å². The molecule has 3 heteroatoms. The summed E-state index contributed by atoms with van der Waals surface area (Å²) in [6.07, 6.45) is 5.34. The Kier molecular flexibility index (Phi) is 5.30. The summed E-state index contributed by atoms with van der Waals surface area (Å²) < 4.78 is 11.1. The van der Waals surface area contributed by atoms with Crippen molar-refractivity contribution in [3.63, 3.8) is 0 Å². The second-order valence-corrected chi connectivity index (χ2v) is 5.97. The lowest BCUT2D eigenvalue weighted by molar-refractivity contribution is 0.0700. The normalized spacial score (nSPS) is 22.9. The van der Waals surface area contributed by atoms with Crippen LogP contribution in [0.2, 0.25) is 0 Å². The lowest BCUT2D eigenvalue weighted by atomic mass is 9.82. The van der Waals surface area contributed by atoms with Gasteiger partial charge in [0.25, 0.3) is 0 Å². The molecule has 2 rings (SSSR count). The molecule has 2 unspecified atom stereocenters. The molecule has 0 bridgehead atoms. The molecule has 3 nitrogen and oxygen atoms in total. The molecule has 2 atom stereocenters. The molecule has 1 fully saturated rings. The first-order valence-corrected chi connectivity index (χ1v) is 7.61. The maximum atomic E-state index is 10.1. The van der Waals surface area contributed by atoms with E-state index >= 15 is 0 Å². The summed E-state index contributed by atoms with van der Waals surface area (Å²) in [6.45, 7) is 4.01. The van der Waals surface area contributed by atoms with Gasteiger partial charge in [-0.15, -0.1) is 0 Å². The van der Waals surface area contributed by atoms with Crippen molar-refractivity contribution in [3.05, 3.63) is 23.8 Å². The Morgan fingerprint density at radius 1 is 1.20 bits per heavy atom. The molecule has 0 spiro atoms. The van der Waals surface area contributed by atoms with Crippen molar-refractivity contribution in [1.82, 2.24) is 0 Å². The maximum Gasteiger partial charge on any atom is 0.161 e. The molecule has 0 radical (unpaired) electrons. The highest BCUT2D eigenvalue weighted by Crippen LogP contribution is 2.32. The van der Waals surface area contributed by atoms with Crippen molar-refractivity contribution < 1.29 is 14.6 Å². The Balaban J connectivity index is 2.08. The molecule has 0 heterocycles. The summed E-state index contributed by atoms with van der Waals surface area (Å²) in [5, 5.41) is 10.1. The largest absolute Gasteiger partial charge is 0.493 e. The lowest BCUT2D eigenvalue weighted by Gasteiger charge is -2.27. The number of methoxy groups -OCH3 is 1. The first kappa shape index (κ1) is 15.2. The average molecular weight is 278 g/mol. The van der Waals surface area contributed by atoms with Crippen molar-refractivity contribution >= 4 is 0 Å². The predicted molar refractivity (Wildman–Crippen MR) is 80.4 cm³/mol. The molecule has 1 aromatic rings. The first-order valence-electron chi connectivity index (χ1n) is 7.61. The van der Waals surface area contributed by atoms with Gasteiger partial charge in [0.2, 0.25) is 0 Å². The number of hydrogen-bond donors (Lipinski definition) is 1. The third-order valence-electron chi connectivity index (χ3n) is 3.96. The molecule has 1 saturated carbocycles. The number of rotatable bonds is 5. The lowest BCUT2D eigenvalue weighted by Crippen LogP contribution is -2.26. The van der Waals surface area contributed by atoms with Gasteiger partial charge in [0.1, 0.15) is 0 Å². The van der Waals surface area contributed by atoms with Gasteiger partial charge in [-0.2, -0.15) is 0 Å². The minimum atomic E-state index is -0.152. The van der Waals surface area contributed by atoms with Gasteiger partial charge in [0, 0.05) is 0 Å². The fourth-order valence-corrected chi connectivity index (χ4v) is 2.92. The smallest absolute Gasteiger partial charge is 0.161 e. The highest BCUT2D eigenvalue weighted by atomic mass is 16.5. The van der Waals surface area contributed by atoms with Gasteiger partial charge in [0.15, 0.2) is 11.5 Å². The fourth-order valence-electron chi connectivity index (χ4n) is 2.92. The number of benzene rings is 1. The van der Waals surface area contributed by atoms with Crippen molar-refractivity contribution in [2.75, 3.05) is 7.11 Å². The van der Waals surface area contributed by atoms with Crippen LogP contribution < -0.4 is 9.47 Å². The Labute approximate surface area is 121 Å². The molecule has 0 saturated heterocycles. The second-order valence-electron chi connectivity index (χ2n) is 5.97. The first-order chi connectivity index (χ1) is 9.60. The average Bonchev–Trinajstić information content (AvgIpc) is 2.42. The molecule has 1 aliphatic carbocycles. The van der Waals surface area contributed by atoms with Crippen LogP contribution in [-0.4, -0.2) is 24.4 Å². The molecule has 1 aromatic carbocycles.